The molecule has 6 nitrogen and oxygen atoms in total. The van der Waals surface area contributed by atoms with Crippen LogP contribution >= 0.6 is 0 Å². The van der Waals surface area contributed by atoms with Gasteiger partial charge in [0.1, 0.15) is 5.76 Å². The first-order chi connectivity index (χ1) is 9.15. The normalized spacial score (nSPS) is 26.2. The van der Waals surface area contributed by atoms with E-state index in [-0.39, 0.29) is 18.2 Å². The molecule has 1 fully saturated rings. The zero-order chi connectivity index (χ0) is 15.1. The number of carbonyl (C=O) groups is 1. The van der Waals surface area contributed by atoms with Crippen molar-refractivity contribution < 1.29 is 35.3 Å². The Morgan fingerprint density at radius 1 is 1.40 bits per heavy atom. The lowest BCUT2D eigenvalue weighted by atomic mass is 9.85. The van der Waals surface area contributed by atoms with Gasteiger partial charge in [-0.25, -0.2) is 4.79 Å². The highest BCUT2D eigenvalue weighted by Gasteiger charge is 2.51. The first kappa shape index (κ1) is 14.9. The predicted molar refractivity (Wildman–Crippen MR) is 59.8 cm³/mol. The van der Waals surface area contributed by atoms with Gasteiger partial charge in [0.15, 0.2) is 0 Å². The first-order valence-electron chi connectivity index (χ1n) is 5.73. The van der Waals surface area contributed by atoms with E-state index in [0.29, 0.717) is 12.8 Å². The minimum Gasteiger partial charge on any atom is -0.453 e. The van der Waals surface area contributed by atoms with E-state index < -0.39 is 27.8 Å². The van der Waals surface area contributed by atoms with Gasteiger partial charge in [0.25, 0.3) is 0 Å². The van der Waals surface area contributed by atoms with Gasteiger partial charge < -0.3 is 8.92 Å². The molecule has 2 aliphatic heterocycles. The Labute approximate surface area is 113 Å². The van der Waals surface area contributed by atoms with Gasteiger partial charge in [-0.1, -0.05) is 0 Å². The molecule has 0 aromatic carbocycles. The number of carbonyl (C=O) groups excluding carboxylic acids is 1. The number of hydrogen-bond donors (Lipinski definition) is 0. The van der Waals surface area contributed by atoms with Gasteiger partial charge in [-0.2, -0.15) is 21.6 Å². The topological polar surface area (TPSA) is 72.9 Å². The van der Waals surface area contributed by atoms with Gasteiger partial charge >= 0.3 is 21.7 Å². The summed E-state index contributed by atoms with van der Waals surface area (Å²) in [5, 5.41) is 0. The zero-order valence-corrected chi connectivity index (χ0v) is 11.2. The third-order valence-electron chi connectivity index (χ3n) is 3.25. The number of halogens is 3. The van der Waals surface area contributed by atoms with Crippen LogP contribution in [0.5, 0.6) is 0 Å². The Bertz CT molecular complexity index is 542. The van der Waals surface area contributed by atoms with Crippen molar-refractivity contribution in [3.63, 3.8) is 0 Å². The molecule has 2 bridgehead atoms. The Balaban J connectivity index is 2.24. The molecule has 2 unspecified atom stereocenters. The maximum Gasteiger partial charge on any atom is 0.534 e. The largest absolute Gasteiger partial charge is 0.534 e. The van der Waals surface area contributed by atoms with Crippen LogP contribution in [0, 0.1) is 5.92 Å². The molecular formula is C10H12F3NO5S. The van der Waals surface area contributed by atoms with Gasteiger partial charge in [0.2, 0.25) is 0 Å². The van der Waals surface area contributed by atoms with E-state index in [9.17, 15) is 26.4 Å². The molecule has 3 aliphatic rings. The summed E-state index contributed by atoms with van der Waals surface area (Å²) >= 11 is 0. The molecule has 0 aromatic rings. The fraction of sp³-hybridized carbons (Fsp3) is 0.700. The fourth-order valence-corrected chi connectivity index (χ4v) is 2.86. The highest BCUT2D eigenvalue weighted by Crippen LogP contribution is 2.38. The van der Waals surface area contributed by atoms with Crippen LogP contribution in [0.4, 0.5) is 18.0 Å². The number of ether oxygens (including phenoxy) is 1. The van der Waals surface area contributed by atoms with Crippen molar-refractivity contribution in [2.24, 2.45) is 5.92 Å². The van der Waals surface area contributed by atoms with E-state index in [2.05, 4.69) is 8.92 Å². The van der Waals surface area contributed by atoms with Crippen LogP contribution < -0.4 is 0 Å². The number of amides is 1. The van der Waals surface area contributed by atoms with Crippen molar-refractivity contribution in [2.75, 3.05) is 13.7 Å². The Morgan fingerprint density at radius 3 is 2.55 bits per heavy atom. The van der Waals surface area contributed by atoms with Crippen molar-refractivity contribution >= 4 is 16.2 Å². The smallest absolute Gasteiger partial charge is 0.453 e. The highest BCUT2D eigenvalue weighted by molar-refractivity contribution is 7.87. The highest BCUT2D eigenvalue weighted by atomic mass is 32.2. The van der Waals surface area contributed by atoms with Crippen LogP contribution in [0.15, 0.2) is 11.8 Å². The number of fused-ring (bicyclic) bond motifs is 2. The minimum absolute atomic E-state index is 0.238. The van der Waals surface area contributed by atoms with Crippen LogP contribution in [-0.4, -0.2) is 44.6 Å². The first-order valence-corrected chi connectivity index (χ1v) is 7.13. The van der Waals surface area contributed by atoms with Gasteiger partial charge in [-0.15, -0.1) is 0 Å². The van der Waals surface area contributed by atoms with Crippen molar-refractivity contribution in [2.45, 2.75) is 24.4 Å². The van der Waals surface area contributed by atoms with Crippen LogP contribution in [-0.2, 0) is 19.0 Å². The summed E-state index contributed by atoms with van der Waals surface area (Å²) in [5.74, 6) is -0.604. The second kappa shape index (κ2) is 4.83. The Morgan fingerprint density at radius 2 is 2.05 bits per heavy atom. The lowest BCUT2D eigenvalue weighted by Crippen LogP contribution is -2.51. The maximum absolute atomic E-state index is 12.3. The van der Waals surface area contributed by atoms with Crippen molar-refractivity contribution in [3.05, 3.63) is 11.8 Å². The zero-order valence-electron chi connectivity index (χ0n) is 10.4. The summed E-state index contributed by atoms with van der Waals surface area (Å²) < 4.78 is 67.6. The van der Waals surface area contributed by atoms with Gasteiger partial charge in [0, 0.05) is 6.54 Å². The quantitative estimate of drug-likeness (QED) is 0.571. The maximum atomic E-state index is 12.3. The molecule has 3 rings (SSSR count). The monoisotopic (exact) mass is 315 g/mol. The molecule has 1 aliphatic carbocycles. The second-order valence-electron chi connectivity index (χ2n) is 4.53. The molecule has 1 amide bonds. The summed E-state index contributed by atoms with van der Waals surface area (Å²) in [7, 11) is -4.58. The molecule has 1 saturated heterocycles. The molecular weight excluding hydrogens is 303 g/mol. The lowest BCUT2D eigenvalue weighted by molar-refractivity contribution is -0.0535. The third kappa shape index (κ3) is 2.56. The van der Waals surface area contributed by atoms with Crippen molar-refractivity contribution in [1.82, 2.24) is 4.90 Å². The second-order valence-corrected chi connectivity index (χ2v) is 6.07. The summed E-state index contributed by atoms with van der Waals surface area (Å²) in [4.78, 5) is 12.7. The number of hydrogen-bond acceptors (Lipinski definition) is 5. The number of nitrogens with zero attached hydrogens (tertiary/aromatic N) is 1. The molecule has 10 heteroatoms. The van der Waals surface area contributed by atoms with Crippen molar-refractivity contribution in [3.8, 4) is 0 Å². The average molecular weight is 315 g/mol. The van der Waals surface area contributed by atoms with E-state index in [1.807, 2.05) is 0 Å². The lowest BCUT2D eigenvalue weighted by Gasteiger charge is -2.42. The van der Waals surface area contributed by atoms with Crippen LogP contribution in [0.2, 0.25) is 0 Å². The molecule has 0 N–H and O–H groups in total. The van der Waals surface area contributed by atoms with E-state index >= 15 is 0 Å². The summed E-state index contributed by atoms with van der Waals surface area (Å²) in [6.45, 7) is 0.274. The molecule has 0 aromatic heterocycles. The predicted octanol–water partition coefficient (Wildman–Crippen LogP) is 1.60. The fourth-order valence-electron chi connectivity index (χ4n) is 2.35. The van der Waals surface area contributed by atoms with Gasteiger partial charge in [-0.3, -0.25) is 4.90 Å². The summed E-state index contributed by atoms with van der Waals surface area (Å²) in [5.41, 5.74) is -5.50. The minimum atomic E-state index is -5.72. The third-order valence-corrected chi connectivity index (χ3v) is 4.22. The van der Waals surface area contributed by atoms with Crippen LogP contribution in [0.3, 0.4) is 0 Å². The van der Waals surface area contributed by atoms with E-state index in [1.165, 1.54) is 11.0 Å². The number of methoxy groups -OCH3 is 1. The molecule has 2 atom stereocenters. The Hall–Kier alpha value is -1.45. The molecule has 0 radical (unpaired) electrons. The average Bonchev–Trinajstić information content (AvgIpc) is 2.36. The molecule has 114 valence electrons. The molecule has 2 heterocycles. The SMILES string of the molecule is COC(=O)N1CC2C=C(OS(=O)(=O)C(F)(F)F)C1CC2. The van der Waals surface area contributed by atoms with E-state index in [1.54, 1.807) is 0 Å². The van der Waals surface area contributed by atoms with Crippen LogP contribution in [0.1, 0.15) is 12.8 Å². The number of rotatable bonds is 2. The van der Waals surface area contributed by atoms with E-state index in [4.69, 9.17) is 0 Å². The Kier molecular flexibility index (Phi) is 3.61. The van der Waals surface area contributed by atoms with Gasteiger partial charge in [-0.05, 0) is 24.8 Å². The van der Waals surface area contributed by atoms with Crippen molar-refractivity contribution in [1.29, 1.82) is 0 Å². The van der Waals surface area contributed by atoms with E-state index in [0.717, 1.165) is 7.11 Å². The molecule has 20 heavy (non-hydrogen) atoms. The summed E-state index contributed by atoms with van der Waals surface area (Å²) in [6.07, 6.45) is 1.59. The standard InChI is InChI=1S/C10H12F3NO5S/c1-18-9(15)14-5-6-2-3-7(14)8(4-6)19-20(16,17)10(11,12)13/h4,6-7H,2-3,5H2,1H3. The number of piperidine rings is 1. The molecule has 0 saturated carbocycles. The summed E-state index contributed by atoms with van der Waals surface area (Å²) in [6, 6.07) is -0.843. The van der Waals surface area contributed by atoms with Crippen LogP contribution in [0.25, 0.3) is 0 Å². The number of alkyl halides is 3. The molecule has 0 spiro atoms. The van der Waals surface area contributed by atoms with Gasteiger partial charge in [0.05, 0.1) is 13.2 Å².